The van der Waals surface area contributed by atoms with Crippen LogP contribution in [-0.2, 0) is 14.4 Å². The molecule has 0 bridgehead atoms. The molecule has 8 heteroatoms. The van der Waals surface area contributed by atoms with E-state index in [0.29, 0.717) is 41.8 Å². The van der Waals surface area contributed by atoms with Gasteiger partial charge in [0.1, 0.15) is 0 Å². The van der Waals surface area contributed by atoms with E-state index in [9.17, 15) is 14.4 Å². The lowest BCUT2D eigenvalue weighted by atomic mass is 9.71. The highest BCUT2D eigenvalue weighted by Crippen LogP contribution is 2.50. The minimum Gasteiger partial charge on any atom is -0.481 e. The molecular weight excluding hydrogens is 535 g/mol. The second-order valence-corrected chi connectivity index (χ2v) is 11.2. The Morgan fingerprint density at radius 3 is 2.05 bits per heavy atom. The molecule has 0 atom stereocenters. The second kappa shape index (κ2) is 11.2. The molecule has 1 amide bonds. The van der Waals surface area contributed by atoms with Crippen LogP contribution in [0, 0.1) is 13.8 Å². The number of aryl methyl sites for hydroxylation is 2. The highest BCUT2D eigenvalue weighted by Gasteiger charge is 2.43. The maximum atomic E-state index is 13.3. The van der Waals surface area contributed by atoms with Crippen molar-refractivity contribution < 1.29 is 19.1 Å². The third-order valence-electron chi connectivity index (χ3n) is 7.89. The zero-order valence-corrected chi connectivity index (χ0v) is 24.0. The number of ketones is 2. The van der Waals surface area contributed by atoms with Gasteiger partial charge in [-0.15, -0.1) is 0 Å². The predicted octanol–water partition coefficient (Wildman–Crippen LogP) is 7.06. The Kier molecular flexibility index (Phi) is 7.88. The Hall–Kier alpha value is -3.09. The van der Waals surface area contributed by atoms with Gasteiger partial charge in [0, 0.05) is 53.5 Å². The summed E-state index contributed by atoms with van der Waals surface area (Å²) in [7, 11) is 0. The number of carbonyl (C=O) groups excluding carboxylic acids is 3. The first kappa shape index (κ1) is 27.5. The minimum atomic E-state index is -0.504. The number of hydrogen-bond acceptors (Lipinski definition) is 5. The quantitative estimate of drug-likeness (QED) is 0.405. The van der Waals surface area contributed by atoms with Crippen molar-refractivity contribution in [2.75, 3.05) is 18.5 Å². The van der Waals surface area contributed by atoms with Gasteiger partial charge in [-0.05, 0) is 87.4 Å². The topological polar surface area (TPSA) is 75.7 Å². The average Bonchev–Trinajstić information content (AvgIpc) is 2.89. The molecular formula is C31H32Cl2N2O4. The third kappa shape index (κ3) is 5.24. The molecule has 0 unspecified atom stereocenters. The van der Waals surface area contributed by atoms with Crippen LogP contribution in [0.15, 0.2) is 52.9 Å². The van der Waals surface area contributed by atoms with Crippen LogP contribution in [0.25, 0.3) is 0 Å². The van der Waals surface area contributed by atoms with Crippen molar-refractivity contribution in [2.45, 2.75) is 65.2 Å². The Morgan fingerprint density at radius 1 is 0.923 bits per heavy atom. The summed E-state index contributed by atoms with van der Waals surface area (Å²) in [4.78, 5) is 41.3. The Morgan fingerprint density at radius 2 is 1.51 bits per heavy atom. The molecule has 39 heavy (non-hydrogen) atoms. The van der Waals surface area contributed by atoms with E-state index in [2.05, 4.69) is 17.1 Å². The normalized spacial score (nSPS) is 17.8. The number of benzene rings is 2. The molecule has 0 saturated heterocycles. The molecule has 0 radical (unpaired) electrons. The monoisotopic (exact) mass is 566 g/mol. The van der Waals surface area contributed by atoms with Crippen molar-refractivity contribution in [2.24, 2.45) is 0 Å². The summed E-state index contributed by atoms with van der Waals surface area (Å²) < 4.78 is 5.75. The molecule has 0 aromatic heterocycles. The van der Waals surface area contributed by atoms with Crippen molar-refractivity contribution >= 4 is 46.4 Å². The summed E-state index contributed by atoms with van der Waals surface area (Å²) in [5.41, 5.74) is 6.99. The lowest BCUT2D eigenvalue weighted by Gasteiger charge is -2.43. The standard InChI is InChI=1S/C31H32Cl2N2O4/c1-4-35-23-7-5-9-25(36)29(23)28(30-24(35)8-6-10-26(30)37)19-14-21(32)31(22(33)15-19)39-16-27(38)34-20-12-11-17(2)18(3)13-20/h11-15,28H,4-10,16H2,1-3H3,(H,34,38). The van der Waals surface area contributed by atoms with Crippen molar-refractivity contribution in [1.29, 1.82) is 0 Å². The van der Waals surface area contributed by atoms with Gasteiger partial charge in [0.05, 0.1) is 10.0 Å². The Labute approximate surface area is 239 Å². The molecule has 5 rings (SSSR count). The molecule has 2 aliphatic carbocycles. The fraction of sp³-hybridized carbons (Fsp3) is 0.387. The van der Waals surface area contributed by atoms with Gasteiger partial charge in [-0.2, -0.15) is 0 Å². The second-order valence-electron chi connectivity index (χ2n) is 10.4. The van der Waals surface area contributed by atoms with Crippen molar-refractivity contribution in [3.63, 3.8) is 0 Å². The lowest BCUT2D eigenvalue weighted by molar-refractivity contribution is -0.118. The van der Waals surface area contributed by atoms with Crippen molar-refractivity contribution in [1.82, 2.24) is 4.90 Å². The zero-order chi connectivity index (χ0) is 27.8. The van der Waals surface area contributed by atoms with E-state index in [-0.39, 0.29) is 39.9 Å². The zero-order valence-electron chi connectivity index (χ0n) is 22.5. The molecule has 0 fully saturated rings. The van der Waals surface area contributed by atoms with Gasteiger partial charge < -0.3 is 15.0 Å². The fourth-order valence-electron chi connectivity index (χ4n) is 5.97. The highest BCUT2D eigenvalue weighted by molar-refractivity contribution is 6.37. The maximum absolute atomic E-state index is 13.3. The number of nitrogens with zero attached hydrogens (tertiary/aromatic N) is 1. The summed E-state index contributed by atoms with van der Waals surface area (Å²) in [6, 6.07) is 9.12. The van der Waals surface area contributed by atoms with Crippen LogP contribution in [0.5, 0.6) is 5.75 Å². The van der Waals surface area contributed by atoms with Gasteiger partial charge in [-0.3, -0.25) is 14.4 Å². The van der Waals surface area contributed by atoms with Crippen LogP contribution in [-0.4, -0.2) is 35.5 Å². The van der Waals surface area contributed by atoms with E-state index in [1.54, 1.807) is 12.1 Å². The van der Waals surface area contributed by atoms with Crippen LogP contribution >= 0.6 is 23.2 Å². The summed E-state index contributed by atoms with van der Waals surface area (Å²) in [6.07, 6.45) is 4.12. The number of allylic oxidation sites excluding steroid dienone is 4. The minimum absolute atomic E-state index is 0.0696. The molecule has 1 aliphatic heterocycles. The van der Waals surface area contributed by atoms with E-state index in [1.165, 1.54) is 0 Å². The van der Waals surface area contributed by atoms with E-state index in [1.807, 2.05) is 32.0 Å². The smallest absolute Gasteiger partial charge is 0.262 e. The first-order valence-electron chi connectivity index (χ1n) is 13.5. The molecule has 204 valence electrons. The predicted molar refractivity (Wildman–Crippen MR) is 153 cm³/mol. The summed E-state index contributed by atoms with van der Waals surface area (Å²) >= 11 is 13.3. The number of anilines is 1. The Bertz CT molecular complexity index is 1380. The van der Waals surface area contributed by atoms with Gasteiger partial charge in [0.2, 0.25) is 0 Å². The number of amides is 1. The van der Waals surface area contributed by atoms with E-state index in [4.69, 9.17) is 27.9 Å². The average molecular weight is 568 g/mol. The molecule has 1 heterocycles. The van der Waals surface area contributed by atoms with E-state index >= 15 is 0 Å². The first-order chi connectivity index (χ1) is 18.7. The van der Waals surface area contributed by atoms with Crippen LogP contribution in [0.4, 0.5) is 5.69 Å². The summed E-state index contributed by atoms with van der Waals surface area (Å²) in [5, 5.41) is 3.28. The first-order valence-corrected chi connectivity index (χ1v) is 14.2. The van der Waals surface area contributed by atoms with Crippen LogP contribution < -0.4 is 10.1 Å². The number of Topliss-reactive ketones (excluding diaryl/α,β-unsaturated/α-hetero) is 2. The highest BCUT2D eigenvalue weighted by atomic mass is 35.5. The molecule has 1 N–H and O–H groups in total. The van der Waals surface area contributed by atoms with Gasteiger partial charge in [0.25, 0.3) is 5.91 Å². The molecule has 3 aliphatic rings. The number of nitrogens with one attached hydrogen (secondary N) is 1. The van der Waals surface area contributed by atoms with E-state index in [0.717, 1.165) is 48.2 Å². The van der Waals surface area contributed by atoms with Crippen LogP contribution in [0.1, 0.15) is 68.1 Å². The number of halogens is 2. The van der Waals surface area contributed by atoms with Gasteiger partial charge >= 0.3 is 0 Å². The van der Waals surface area contributed by atoms with E-state index < -0.39 is 5.92 Å². The summed E-state index contributed by atoms with van der Waals surface area (Å²) in [6.45, 7) is 6.48. The van der Waals surface area contributed by atoms with Crippen LogP contribution in [0.2, 0.25) is 10.0 Å². The van der Waals surface area contributed by atoms with Gasteiger partial charge in [0.15, 0.2) is 23.9 Å². The largest absolute Gasteiger partial charge is 0.481 e. The Balaban J connectivity index is 1.45. The number of ether oxygens (including phenoxy) is 1. The fourth-order valence-corrected chi connectivity index (χ4v) is 6.58. The number of hydrogen-bond donors (Lipinski definition) is 1. The molecule has 0 saturated carbocycles. The summed E-state index contributed by atoms with van der Waals surface area (Å²) in [5.74, 6) is -0.515. The van der Waals surface area contributed by atoms with Crippen LogP contribution in [0.3, 0.4) is 0 Å². The van der Waals surface area contributed by atoms with Crippen molar-refractivity contribution in [3.8, 4) is 5.75 Å². The van der Waals surface area contributed by atoms with Gasteiger partial charge in [-0.1, -0.05) is 29.3 Å². The molecule has 2 aromatic carbocycles. The molecule has 6 nitrogen and oxygen atoms in total. The van der Waals surface area contributed by atoms with Gasteiger partial charge in [-0.25, -0.2) is 0 Å². The third-order valence-corrected chi connectivity index (χ3v) is 8.46. The number of rotatable bonds is 6. The lowest BCUT2D eigenvalue weighted by Crippen LogP contribution is -2.39. The molecule has 2 aromatic rings. The van der Waals surface area contributed by atoms with Crippen molar-refractivity contribution in [3.05, 3.63) is 79.6 Å². The number of carbonyl (C=O) groups is 3. The molecule has 0 spiro atoms. The maximum Gasteiger partial charge on any atom is 0.262 e. The SMILES string of the molecule is CCN1C2=C(C(=O)CCC2)C(c2cc(Cl)c(OCC(=O)Nc3ccc(C)c(C)c3)c(Cl)c2)C2=C1CCCC2=O.